The second kappa shape index (κ2) is 8.51. The summed E-state index contributed by atoms with van der Waals surface area (Å²) in [4.78, 5) is 27.7. The molecule has 10 nitrogen and oxygen atoms in total. The molecule has 4 aromatic rings. The summed E-state index contributed by atoms with van der Waals surface area (Å²) in [6, 6.07) is 9.51. The normalized spacial score (nSPS) is 12.6. The first-order chi connectivity index (χ1) is 15.3. The highest BCUT2D eigenvalue weighted by Crippen LogP contribution is 2.29. The number of benzene rings is 2. The highest BCUT2D eigenvalue weighted by atomic mass is 32.2. The molecule has 32 heavy (non-hydrogen) atoms. The Morgan fingerprint density at radius 2 is 2.06 bits per heavy atom. The van der Waals surface area contributed by atoms with Crippen LogP contribution in [0.1, 0.15) is 18.0 Å². The molecule has 2 aromatic heterocycles. The van der Waals surface area contributed by atoms with E-state index in [0.29, 0.717) is 5.56 Å². The first-order valence-corrected chi connectivity index (χ1v) is 11.3. The van der Waals surface area contributed by atoms with Gasteiger partial charge in [-0.3, -0.25) is 14.1 Å². The van der Waals surface area contributed by atoms with Gasteiger partial charge in [-0.05, 0) is 5.56 Å². The summed E-state index contributed by atoms with van der Waals surface area (Å²) in [5.74, 6) is -2.60. The molecule has 0 fully saturated rings. The van der Waals surface area contributed by atoms with Gasteiger partial charge in [-0.1, -0.05) is 30.3 Å². The smallest absolute Gasteiger partial charge is 0.420 e. The lowest BCUT2D eigenvalue weighted by Gasteiger charge is -2.17. The van der Waals surface area contributed by atoms with E-state index in [1.165, 1.54) is 7.11 Å². The topological polar surface area (TPSA) is 133 Å². The molecule has 4 rings (SSSR count). The minimum atomic E-state index is -4.37. The first kappa shape index (κ1) is 21.6. The summed E-state index contributed by atoms with van der Waals surface area (Å²) >= 11 is 0.775. The molecule has 2 aromatic carbocycles. The van der Waals surface area contributed by atoms with Gasteiger partial charge in [0, 0.05) is 23.7 Å². The number of ether oxygens (including phenoxy) is 1. The van der Waals surface area contributed by atoms with Crippen molar-refractivity contribution >= 4 is 43.8 Å². The summed E-state index contributed by atoms with van der Waals surface area (Å²) < 4.78 is 56.9. The predicted octanol–water partition coefficient (Wildman–Crippen LogP) is 2.54. The largest absolute Gasteiger partial charge is 0.469 e. The van der Waals surface area contributed by atoms with Gasteiger partial charge in [0.05, 0.1) is 25.1 Å². The van der Waals surface area contributed by atoms with Crippen LogP contribution in [0.5, 0.6) is 0 Å². The van der Waals surface area contributed by atoms with Crippen LogP contribution in [0, 0.1) is 5.82 Å². The quantitative estimate of drug-likeness (QED) is 0.401. The van der Waals surface area contributed by atoms with Crippen LogP contribution in [0.4, 0.5) is 9.52 Å². The van der Waals surface area contributed by atoms with Gasteiger partial charge in [0.15, 0.2) is 5.58 Å². The van der Waals surface area contributed by atoms with Gasteiger partial charge in [-0.25, -0.2) is 22.6 Å². The minimum absolute atomic E-state index is 0.0138. The number of carbonyl (C=O) groups excluding carboxylic acids is 1. The fourth-order valence-electron chi connectivity index (χ4n) is 3.20. The average molecular weight is 478 g/mol. The molecule has 13 heteroatoms. The van der Waals surface area contributed by atoms with Gasteiger partial charge in [-0.15, -0.1) is 0 Å². The number of methoxy groups -OCH3 is 1. The maximum absolute atomic E-state index is 14.9. The van der Waals surface area contributed by atoms with E-state index in [2.05, 4.69) is 14.1 Å². The average Bonchev–Trinajstić information content (AvgIpc) is 3.38. The van der Waals surface area contributed by atoms with E-state index >= 15 is 0 Å². The zero-order chi connectivity index (χ0) is 22.9. The van der Waals surface area contributed by atoms with Crippen LogP contribution in [0.25, 0.3) is 11.1 Å². The van der Waals surface area contributed by atoms with Crippen molar-refractivity contribution in [2.24, 2.45) is 0 Å². The number of halogens is 1. The zero-order valence-electron chi connectivity index (χ0n) is 16.4. The molecule has 0 aliphatic heterocycles. The van der Waals surface area contributed by atoms with Gasteiger partial charge < -0.3 is 9.15 Å². The summed E-state index contributed by atoms with van der Waals surface area (Å²) in [6.45, 7) is 0. The molecule has 0 aliphatic rings. The number of hydrogen-bond acceptors (Lipinski definition) is 9. The first-order valence-electron chi connectivity index (χ1n) is 9.06. The third-order valence-corrected chi connectivity index (χ3v) is 6.69. The highest BCUT2D eigenvalue weighted by molar-refractivity contribution is 7.93. The van der Waals surface area contributed by atoms with Gasteiger partial charge >= 0.3 is 11.7 Å². The third-order valence-electron chi connectivity index (χ3n) is 4.62. The van der Waals surface area contributed by atoms with Crippen molar-refractivity contribution in [2.45, 2.75) is 17.4 Å². The molecule has 0 saturated carbocycles. The number of fused-ring (bicyclic) bond motifs is 1. The van der Waals surface area contributed by atoms with Crippen molar-refractivity contribution in [3.05, 3.63) is 70.7 Å². The molecular weight excluding hydrogens is 463 g/mol. The lowest BCUT2D eigenvalue weighted by molar-refractivity contribution is -0.141. The Morgan fingerprint density at radius 3 is 2.72 bits per heavy atom. The van der Waals surface area contributed by atoms with Crippen molar-refractivity contribution < 1.29 is 26.8 Å². The van der Waals surface area contributed by atoms with Crippen molar-refractivity contribution in [2.75, 3.05) is 11.8 Å². The van der Waals surface area contributed by atoms with Crippen LogP contribution in [0.3, 0.4) is 0 Å². The number of carbonyl (C=O) groups is 1. The van der Waals surface area contributed by atoms with Crippen molar-refractivity contribution in [1.29, 1.82) is 0 Å². The summed E-state index contributed by atoms with van der Waals surface area (Å²) in [5, 5.41) is -0.0502. The Labute approximate surface area is 184 Å². The van der Waals surface area contributed by atoms with E-state index in [1.807, 2.05) is 0 Å². The van der Waals surface area contributed by atoms with Gasteiger partial charge in [-0.2, -0.15) is 4.37 Å². The SMILES string of the molecule is COC(=O)C[C@H](c1ccccc1)n1c(=O)oc2cc(S(=O)(=O)Nc3ncns3)c(F)cc21. The Morgan fingerprint density at radius 1 is 1.31 bits per heavy atom. The van der Waals surface area contributed by atoms with Crippen molar-refractivity contribution in [1.82, 2.24) is 13.9 Å². The van der Waals surface area contributed by atoms with E-state index in [1.54, 1.807) is 30.3 Å². The second-order valence-corrected chi connectivity index (χ2v) is 8.98. The fraction of sp³-hybridized carbons (Fsp3) is 0.158. The molecule has 0 radical (unpaired) electrons. The molecule has 0 bridgehead atoms. The van der Waals surface area contributed by atoms with Crippen LogP contribution in [-0.4, -0.2) is 35.4 Å². The van der Waals surface area contributed by atoms with Gasteiger partial charge in [0.25, 0.3) is 10.0 Å². The number of oxazole rings is 1. The van der Waals surface area contributed by atoms with Crippen LogP contribution in [0.2, 0.25) is 0 Å². The molecular formula is C19H15FN4O6S2. The monoisotopic (exact) mass is 478 g/mol. The number of esters is 1. The van der Waals surface area contributed by atoms with Crippen LogP contribution in [0.15, 0.2) is 62.9 Å². The molecule has 0 unspecified atom stereocenters. The molecule has 0 amide bonds. The van der Waals surface area contributed by atoms with E-state index in [0.717, 1.165) is 34.6 Å². The second-order valence-electron chi connectivity index (χ2n) is 6.55. The van der Waals surface area contributed by atoms with Gasteiger partial charge in [0.1, 0.15) is 17.0 Å². The maximum Gasteiger partial charge on any atom is 0.420 e. The van der Waals surface area contributed by atoms with Crippen LogP contribution in [-0.2, 0) is 19.6 Å². The molecule has 0 saturated heterocycles. The Bertz CT molecular complexity index is 1430. The van der Waals surface area contributed by atoms with Crippen LogP contribution >= 0.6 is 11.5 Å². The van der Waals surface area contributed by atoms with Crippen molar-refractivity contribution in [3.63, 3.8) is 0 Å². The summed E-state index contributed by atoms with van der Waals surface area (Å²) in [5.41, 5.74) is 0.401. The Balaban J connectivity index is 1.84. The number of anilines is 1. The lowest BCUT2D eigenvalue weighted by Crippen LogP contribution is -2.24. The predicted molar refractivity (Wildman–Crippen MR) is 112 cm³/mol. The Kier molecular flexibility index (Phi) is 5.76. The lowest BCUT2D eigenvalue weighted by atomic mass is 10.0. The summed E-state index contributed by atoms with van der Waals surface area (Å²) in [7, 11) is -3.16. The van der Waals surface area contributed by atoms with E-state index in [9.17, 15) is 22.4 Å². The molecule has 0 aliphatic carbocycles. The highest BCUT2D eigenvalue weighted by Gasteiger charge is 2.28. The maximum atomic E-state index is 14.9. The number of nitrogens with zero attached hydrogens (tertiary/aromatic N) is 3. The standard InChI is InChI=1S/C19H15FN4O6S2/c1-29-17(25)8-13(11-5-3-2-4-6-11)24-14-7-12(20)16(9-15(14)30-19(24)26)32(27,28)23-18-21-10-22-31-18/h2-7,9-10,13H,8H2,1H3,(H,21,22,23)/t13-/m1/s1. The number of sulfonamides is 1. The third kappa shape index (κ3) is 4.11. The molecule has 1 N–H and O–H groups in total. The zero-order valence-corrected chi connectivity index (χ0v) is 18.0. The molecule has 166 valence electrons. The van der Waals surface area contributed by atoms with E-state index in [-0.39, 0.29) is 22.7 Å². The van der Waals surface area contributed by atoms with E-state index < -0.39 is 38.5 Å². The number of rotatable bonds is 7. The fourth-order valence-corrected chi connectivity index (χ4v) is 4.94. The minimum Gasteiger partial charge on any atom is -0.469 e. The molecule has 2 heterocycles. The Hall–Kier alpha value is -3.58. The summed E-state index contributed by atoms with van der Waals surface area (Å²) in [6.07, 6.45) is 0.918. The van der Waals surface area contributed by atoms with Crippen LogP contribution < -0.4 is 10.5 Å². The number of hydrogen-bond donors (Lipinski definition) is 1. The number of nitrogens with one attached hydrogen (secondary N) is 1. The molecule has 1 atom stereocenters. The van der Waals surface area contributed by atoms with Crippen molar-refractivity contribution in [3.8, 4) is 0 Å². The molecule has 0 spiro atoms. The van der Waals surface area contributed by atoms with Gasteiger partial charge in [0.2, 0.25) is 5.13 Å². The number of aromatic nitrogens is 3. The van der Waals surface area contributed by atoms with E-state index in [4.69, 9.17) is 9.15 Å².